The van der Waals surface area contributed by atoms with E-state index in [1.54, 1.807) is 0 Å². The van der Waals surface area contributed by atoms with E-state index in [1.165, 1.54) is 11.1 Å². The maximum atomic E-state index is 13.4. The summed E-state index contributed by atoms with van der Waals surface area (Å²) in [6, 6.07) is 26.3. The fourth-order valence-corrected chi connectivity index (χ4v) is 4.00. The van der Waals surface area contributed by atoms with Gasteiger partial charge in [-0.3, -0.25) is 14.8 Å². The molecule has 29 heavy (non-hydrogen) atoms. The zero-order valence-electron chi connectivity index (χ0n) is 16.4. The van der Waals surface area contributed by atoms with E-state index in [2.05, 4.69) is 72.6 Å². The van der Waals surface area contributed by atoms with Gasteiger partial charge in [0.2, 0.25) is 0 Å². The predicted octanol–water partition coefficient (Wildman–Crippen LogP) is 5.44. The summed E-state index contributed by atoms with van der Waals surface area (Å²) < 4.78 is 0. The summed E-state index contributed by atoms with van der Waals surface area (Å²) in [4.78, 5) is 15.3. The molecule has 0 spiro atoms. The van der Waals surface area contributed by atoms with Gasteiger partial charge in [0.25, 0.3) is 5.91 Å². The molecule has 4 heteroatoms. The molecule has 0 aliphatic carbocycles. The highest BCUT2D eigenvalue weighted by molar-refractivity contribution is 6.11. The molecule has 1 aromatic heterocycles. The molecule has 4 nitrogen and oxygen atoms in total. The van der Waals surface area contributed by atoms with Crippen LogP contribution in [-0.2, 0) is 0 Å². The molecule has 1 aliphatic rings. The minimum absolute atomic E-state index is 0.0531. The average molecular weight is 379 g/mol. The minimum atomic E-state index is -0.226. The number of hydrogen-bond acceptors (Lipinski definition) is 2. The lowest BCUT2D eigenvalue weighted by molar-refractivity contribution is 0.0989. The highest BCUT2D eigenvalue weighted by Crippen LogP contribution is 2.44. The van der Waals surface area contributed by atoms with E-state index in [0.717, 1.165) is 28.1 Å². The molecule has 0 unspecified atom stereocenters. The lowest BCUT2D eigenvalue weighted by Gasteiger charge is -2.26. The summed E-state index contributed by atoms with van der Waals surface area (Å²) in [5.41, 5.74) is 7.67. The molecule has 1 atom stereocenters. The van der Waals surface area contributed by atoms with Crippen molar-refractivity contribution in [2.45, 2.75) is 19.9 Å². The Labute approximate surface area is 169 Å². The first kappa shape index (κ1) is 17.4. The first-order chi connectivity index (χ1) is 14.1. The van der Waals surface area contributed by atoms with Crippen molar-refractivity contribution in [1.82, 2.24) is 10.2 Å². The van der Waals surface area contributed by atoms with E-state index in [4.69, 9.17) is 0 Å². The number of aromatic nitrogens is 2. The van der Waals surface area contributed by atoms with Gasteiger partial charge >= 0.3 is 0 Å². The second-order valence-electron chi connectivity index (χ2n) is 7.55. The van der Waals surface area contributed by atoms with E-state index in [-0.39, 0.29) is 11.9 Å². The van der Waals surface area contributed by atoms with Gasteiger partial charge in [0, 0.05) is 16.8 Å². The fourth-order valence-electron chi connectivity index (χ4n) is 4.00. The van der Waals surface area contributed by atoms with Crippen LogP contribution >= 0.6 is 0 Å². The Hall–Kier alpha value is -3.66. The molecule has 0 fully saturated rings. The maximum Gasteiger partial charge on any atom is 0.277 e. The van der Waals surface area contributed by atoms with Crippen molar-refractivity contribution in [3.05, 3.63) is 107 Å². The third-order valence-electron chi connectivity index (χ3n) is 5.52. The number of para-hydroxylation sites is 1. The first-order valence-electron chi connectivity index (χ1n) is 9.74. The van der Waals surface area contributed by atoms with Crippen LogP contribution < -0.4 is 4.90 Å². The van der Waals surface area contributed by atoms with Gasteiger partial charge in [-0.05, 0) is 31.5 Å². The van der Waals surface area contributed by atoms with Crippen LogP contribution in [-0.4, -0.2) is 16.1 Å². The molecule has 4 aromatic rings. The topological polar surface area (TPSA) is 49.0 Å². The molecule has 0 radical (unpaired) electrons. The lowest BCUT2D eigenvalue weighted by atomic mass is 9.95. The second-order valence-corrected chi connectivity index (χ2v) is 7.55. The number of carbonyl (C=O) groups is 1. The standard InChI is InChI=1S/C25H21N3O/c1-16-8-12-18(13-9-16)22-21-23(27-26-22)25(29)28(20-6-4-3-5-7-20)24(21)19-14-10-17(2)11-15-19/h3-15,24H,1-2H3,(H,26,27)/t24-/m1/s1. The van der Waals surface area contributed by atoms with Crippen LogP contribution in [0.3, 0.4) is 0 Å². The Morgan fingerprint density at radius 2 is 1.45 bits per heavy atom. The Balaban J connectivity index is 1.72. The Morgan fingerprint density at radius 1 is 0.828 bits per heavy atom. The molecule has 0 bridgehead atoms. The number of hydrogen-bond donors (Lipinski definition) is 1. The van der Waals surface area contributed by atoms with Crippen LogP contribution in [0.1, 0.15) is 38.8 Å². The number of H-pyrrole nitrogens is 1. The van der Waals surface area contributed by atoms with E-state index < -0.39 is 0 Å². The van der Waals surface area contributed by atoms with E-state index in [9.17, 15) is 4.79 Å². The van der Waals surface area contributed by atoms with Crippen LogP contribution in [0.15, 0.2) is 78.9 Å². The van der Waals surface area contributed by atoms with Gasteiger partial charge in [0.15, 0.2) is 0 Å². The number of carbonyl (C=O) groups excluding carboxylic acids is 1. The van der Waals surface area contributed by atoms with Crippen LogP contribution in [0.5, 0.6) is 0 Å². The van der Waals surface area contributed by atoms with Crippen molar-refractivity contribution >= 4 is 11.6 Å². The molecule has 1 amide bonds. The van der Waals surface area contributed by atoms with Gasteiger partial charge in [0.1, 0.15) is 5.69 Å². The Morgan fingerprint density at radius 3 is 2.10 bits per heavy atom. The van der Waals surface area contributed by atoms with Crippen LogP contribution in [0.2, 0.25) is 0 Å². The Bertz CT molecular complexity index is 1180. The van der Waals surface area contributed by atoms with Gasteiger partial charge in [-0.1, -0.05) is 77.9 Å². The van der Waals surface area contributed by atoms with Gasteiger partial charge in [-0.2, -0.15) is 5.10 Å². The normalized spacial score (nSPS) is 15.6. The summed E-state index contributed by atoms with van der Waals surface area (Å²) in [5.74, 6) is -0.0531. The number of rotatable bonds is 3. The zero-order chi connectivity index (χ0) is 20.0. The molecular formula is C25H21N3O. The second kappa shape index (κ2) is 6.74. The predicted molar refractivity (Wildman–Crippen MR) is 115 cm³/mol. The van der Waals surface area contributed by atoms with Gasteiger partial charge in [-0.15, -0.1) is 0 Å². The number of aryl methyl sites for hydroxylation is 2. The molecule has 0 saturated carbocycles. The monoisotopic (exact) mass is 379 g/mol. The summed E-state index contributed by atoms with van der Waals surface area (Å²) in [6.07, 6.45) is 0. The third kappa shape index (κ3) is 2.85. The number of anilines is 1. The number of nitrogens with one attached hydrogen (secondary N) is 1. The lowest BCUT2D eigenvalue weighted by Crippen LogP contribution is -2.29. The number of benzene rings is 3. The molecule has 1 aliphatic heterocycles. The van der Waals surface area contributed by atoms with Gasteiger partial charge in [-0.25, -0.2) is 0 Å². The number of nitrogens with zero attached hydrogens (tertiary/aromatic N) is 2. The number of amides is 1. The summed E-state index contributed by atoms with van der Waals surface area (Å²) in [7, 11) is 0. The van der Waals surface area contributed by atoms with E-state index >= 15 is 0 Å². The molecular weight excluding hydrogens is 358 g/mol. The molecule has 0 saturated heterocycles. The van der Waals surface area contributed by atoms with E-state index in [0.29, 0.717) is 5.69 Å². The SMILES string of the molecule is Cc1ccc(-c2n[nH]c3c2[C@@H](c2ccc(C)cc2)N(c2ccccc2)C3=O)cc1. The van der Waals surface area contributed by atoms with Crippen molar-refractivity contribution in [2.24, 2.45) is 0 Å². The first-order valence-corrected chi connectivity index (χ1v) is 9.74. The van der Waals surface area contributed by atoms with Crippen molar-refractivity contribution < 1.29 is 4.79 Å². The maximum absolute atomic E-state index is 13.4. The molecule has 1 N–H and O–H groups in total. The van der Waals surface area contributed by atoms with Crippen molar-refractivity contribution in [3.8, 4) is 11.3 Å². The quantitative estimate of drug-likeness (QED) is 0.515. The zero-order valence-corrected chi connectivity index (χ0v) is 16.4. The largest absolute Gasteiger partial charge is 0.295 e. The number of aromatic amines is 1. The molecule has 2 heterocycles. The van der Waals surface area contributed by atoms with Crippen molar-refractivity contribution in [1.29, 1.82) is 0 Å². The van der Waals surface area contributed by atoms with Crippen LogP contribution in [0, 0.1) is 13.8 Å². The summed E-state index contributed by atoms with van der Waals surface area (Å²) in [5, 5.41) is 7.56. The smallest absolute Gasteiger partial charge is 0.277 e. The summed E-state index contributed by atoms with van der Waals surface area (Å²) >= 11 is 0. The van der Waals surface area contributed by atoms with Crippen LogP contribution in [0.25, 0.3) is 11.3 Å². The Kier molecular flexibility index (Phi) is 4.06. The fraction of sp³-hybridized carbons (Fsp3) is 0.120. The van der Waals surface area contributed by atoms with Gasteiger partial charge < -0.3 is 0 Å². The van der Waals surface area contributed by atoms with E-state index in [1.807, 2.05) is 35.2 Å². The van der Waals surface area contributed by atoms with Crippen LogP contribution in [0.4, 0.5) is 5.69 Å². The van der Waals surface area contributed by atoms with Gasteiger partial charge in [0.05, 0.1) is 11.7 Å². The molecule has 142 valence electrons. The summed E-state index contributed by atoms with van der Waals surface area (Å²) in [6.45, 7) is 4.13. The third-order valence-corrected chi connectivity index (χ3v) is 5.52. The minimum Gasteiger partial charge on any atom is -0.295 e. The molecule has 3 aromatic carbocycles. The number of fused-ring (bicyclic) bond motifs is 1. The average Bonchev–Trinajstić information content (AvgIpc) is 3.29. The van der Waals surface area contributed by atoms with Crippen molar-refractivity contribution in [2.75, 3.05) is 4.90 Å². The highest BCUT2D eigenvalue weighted by atomic mass is 16.2. The highest BCUT2D eigenvalue weighted by Gasteiger charge is 2.42. The van der Waals surface area contributed by atoms with Crippen molar-refractivity contribution in [3.63, 3.8) is 0 Å². The molecule has 5 rings (SSSR count).